The minimum atomic E-state index is -0.937. The molecule has 0 fully saturated rings. The Kier molecular flexibility index (Phi) is 7.64. The van der Waals surface area contributed by atoms with Crippen LogP contribution in [0.5, 0.6) is 0 Å². The number of nitrogens with two attached hydrogens (primary N) is 1. The van der Waals surface area contributed by atoms with Crippen LogP contribution in [0.2, 0.25) is 0 Å². The highest BCUT2D eigenvalue weighted by atomic mass is 19.2. The molecule has 1 amide bonds. The first-order valence-electron chi connectivity index (χ1n) is 11.3. The summed E-state index contributed by atoms with van der Waals surface area (Å²) >= 11 is 0. The molecular weight excluding hydrogens is 454 g/mol. The second-order valence-corrected chi connectivity index (χ2v) is 7.72. The highest BCUT2D eigenvalue weighted by Crippen LogP contribution is 2.28. The maximum Gasteiger partial charge on any atom is 0.251 e. The average Bonchev–Trinajstić information content (AvgIpc) is 3.30. The van der Waals surface area contributed by atoms with Crippen LogP contribution in [0.1, 0.15) is 22.8 Å². The second-order valence-electron chi connectivity index (χ2n) is 7.72. The molecule has 8 nitrogen and oxygen atoms in total. The molecule has 35 heavy (non-hydrogen) atoms. The lowest BCUT2D eigenvalue weighted by Crippen LogP contribution is -2.28. The van der Waals surface area contributed by atoms with E-state index in [1.165, 1.54) is 18.3 Å². The van der Waals surface area contributed by atoms with Gasteiger partial charge in [-0.2, -0.15) is 0 Å². The molecule has 0 saturated carbocycles. The van der Waals surface area contributed by atoms with Gasteiger partial charge in [-0.25, -0.2) is 18.7 Å². The third-order valence-corrected chi connectivity index (χ3v) is 5.44. The quantitative estimate of drug-likeness (QED) is 0.299. The molecule has 2 aromatic heterocycles. The SMILES string of the molecule is CCc1cc(Nc2nccn3c(-c4cccc(F)c4F)cnc23)ccc1C(=O)NCCOCCN. The number of anilines is 2. The molecule has 2 aromatic carbocycles. The van der Waals surface area contributed by atoms with Gasteiger partial charge in [-0.15, -0.1) is 0 Å². The largest absolute Gasteiger partial charge is 0.378 e. The Balaban J connectivity index is 1.56. The zero-order valence-electron chi connectivity index (χ0n) is 19.2. The first kappa shape index (κ1) is 24.2. The molecule has 0 unspecified atom stereocenters. The summed E-state index contributed by atoms with van der Waals surface area (Å²) in [6.07, 6.45) is 5.30. The van der Waals surface area contributed by atoms with Gasteiger partial charge >= 0.3 is 0 Å². The summed E-state index contributed by atoms with van der Waals surface area (Å²) in [4.78, 5) is 21.3. The number of amides is 1. The van der Waals surface area contributed by atoms with Gasteiger partial charge in [-0.05, 0) is 42.3 Å². The Hall–Kier alpha value is -3.89. The van der Waals surface area contributed by atoms with Crippen molar-refractivity contribution in [2.75, 3.05) is 31.6 Å². The summed E-state index contributed by atoms with van der Waals surface area (Å²) in [5.74, 6) is -1.61. The molecule has 182 valence electrons. The highest BCUT2D eigenvalue weighted by molar-refractivity contribution is 5.96. The predicted octanol–water partition coefficient (Wildman–Crippen LogP) is 3.69. The number of aromatic nitrogens is 3. The van der Waals surface area contributed by atoms with Gasteiger partial charge in [-0.3, -0.25) is 9.20 Å². The zero-order valence-corrected chi connectivity index (χ0v) is 19.2. The number of hydrogen-bond acceptors (Lipinski definition) is 6. The van der Waals surface area contributed by atoms with Gasteiger partial charge in [0.1, 0.15) is 0 Å². The smallest absolute Gasteiger partial charge is 0.251 e. The topological polar surface area (TPSA) is 107 Å². The lowest BCUT2D eigenvalue weighted by Gasteiger charge is -2.13. The number of nitrogens with zero attached hydrogens (tertiary/aromatic N) is 3. The molecule has 4 rings (SSSR count). The number of halogens is 2. The molecule has 0 saturated heterocycles. The van der Waals surface area contributed by atoms with Gasteiger partial charge in [0.25, 0.3) is 5.91 Å². The molecule has 10 heteroatoms. The van der Waals surface area contributed by atoms with E-state index in [-0.39, 0.29) is 11.5 Å². The van der Waals surface area contributed by atoms with Crippen molar-refractivity contribution in [3.63, 3.8) is 0 Å². The van der Waals surface area contributed by atoms with E-state index >= 15 is 0 Å². The summed E-state index contributed by atoms with van der Waals surface area (Å²) in [6, 6.07) is 9.42. The third kappa shape index (κ3) is 5.28. The van der Waals surface area contributed by atoms with Crippen molar-refractivity contribution in [2.45, 2.75) is 13.3 Å². The molecule has 0 spiro atoms. The van der Waals surface area contributed by atoms with Crippen LogP contribution in [0.25, 0.3) is 16.9 Å². The van der Waals surface area contributed by atoms with Crippen molar-refractivity contribution < 1.29 is 18.3 Å². The van der Waals surface area contributed by atoms with E-state index in [1.807, 2.05) is 13.0 Å². The standard InChI is InChI=1S/C25H26F2N6O2/c1-2-16-14-17(6-7-18(16)25(34)30-10-13-35-12-8-28)32-23-24-31-15-21(33(24)11-9-29-23)19-4-3-5-20(26)22(19)27/h3-7,9,11,14-15H,2,8,10,12-13,28H2,1H3,(H,29,32)(H,30,34). The molecular formula is C25H26F2N6O2. The van der Waals surface area contributed by atoms with Crippen LogP contribution in [-0.2, 0) is 11.2 Å². The predicted molar refractivity (Wildman–Crippen MR) is 130 cm³/mol. The van der Waals surface area contributed by atoms with Crippen LogP contribution in [0, 0.1) is 11.6 Å². The molecule has 0 aliphatic carbocycles. The number of carbonyl (C=O) groups is 1. The fourth-order valence-corrected chi connectivity index (χ4v) is 3.75. The van der Waals surface area contributed by atoms with E-state index in [1.54, 1.807) is 28.9 Å². The number of imidazole rings is 1. The van der Waals surface area contributed by atoms with E-state index in [0.29, 0.717) is 61.1 Å². The number of aryl methyl sites for hydroxylation is 1. The Bertz CT molecular complexity index is 1340. The monoisotopic (exact) mass is 480 g/mol. The Labute approximate surface area is 201 Å². The minimum absolute atomic E-state index is 0.103. The molecule has 0 aliphatic rings. The Morgan fingerprint density at radius 2 is 2.03 bits per heavy atom. The summed E-state index contributed by atoms with van der Waals surface area (Å²) in [6.45, 7) is 3.64. The second kappa shape index (κ2) is 11.0. The van der Waals surface area contributed by atoms with E-state index in [4.69, 9.17) is 10.5 Å². The maximum atomic E-state index is 14.4. The lowest BCUT2D eigenvalue weighted by atomic mass is 10.0. The summed E-state index contributed by atoms with van der Waals surface area (Å²) < 4.78 is 35.0. The van der Waals surface area contributed by atoms with Gasteiger partial charge in [0.05, 0.1) is 25.1 Å². The van der Waals surface area contributed by atoms with Crippen LogP contribution in [-0.4, -0.2) is 46.6 Å². The fraction of sp³-hybridized carbons (Fsp3) is 0.240. The Morgan fingerprint density at radius 1 is 1.17 bits per heavy atom. The molecule has 0 bridgehead atoms. The van der Waals surface area contributed by atoms with Crippen molar-refractivity contribution in [1.82, 2.24) is 19.7 Å². The van der Waals surface area contributed by atoms with Gasteiger partial charge in [-0.1, -0.05) is 13.0 Å². The summed E-state index contributed by atoms with van der Waals surface area (Å²) in [5, 5.41) is 6.06. The fourth-order valence-electron chi connectivity index (χ4n) is 3.75. The molecule has 0 radical (unpaired) electrons. The first-order valence-corrected chi connectivity index (χ1v) is 11.3. The van der Waals surface area contributed by atoms with Crippen LogP contribution >= 0.6 is 0 Å². The lowest BCUT2D eigenvalue weighted by molar-refractivity contribution is 0.0919. The minimum Gasteiger partial charge on any atom is -0.378 e. The van der Waals surface area contributed by atoms with Crippen LogP contribution in [0.3, 0.4) is 0 Å². The van der Waals surface area contributed by atoms with Gasteiger partial charge in [0.15, 0.2) is 23.1 Å². The van der Waals surface area contributed by atoms with Crippen molar-refractivity contribution >= 4 is 23.1 Å². The summed E-state index contributed by atoms with van der Waals surface area (Å²) in [5.41, 5.74) is 8.48. The van der Waals surface area contributed by atoms with Gasteiger partial charge in [0, 0.05) is 42.3 Å². The van der Waals surface area contributed by atoms with E-state index in [9.17, 15) is 13.6 Å². The molecule has 2 heterocycles. The van der Waals surface area contributed by atoms with Crippen LogP contribution in [0.4, 0.5) is 20.3 Å². The number of benzene rings is 2. The Morgan fingerprint density at radius 3 is 2.83 bits per heavy atom. The molecule has 4 N–H and O–H groups in total. The van der Waals surface area contributed by atoms with Crippen LogP contribution in [0.15, 0.2) is 55.0 Å². The van der Waals surface area contributed by atoms with E-state index in [2.05, 4.69) is 20.6 Å². The number of carbonyl (C=O) groups excluding carboxylic acids is 1. The average molecular weight is 481 g/mol. The number of ether oxygens (including phenoxy) is 1. The van der Waals surface area contributed by atoms with Gasteiger partial charge in [0.2, 0.25) is 0 Å². The molecule has 4 aromatic rings. The number of fused-ring (bicyclic) bond motifs is 1. The first-order chi connectivity index (χ1) is 17.0. The maximum absolute atomic E-state index is 14.4. The highest BCUT2D eigenvalue weighted by Gasteiger charge is 2.16. The van der Waals surface area contributed by atoms with E-state index in [0.717, 1.165) is 11.6 Å². The summed E-state index contributed by atoms with van der Waals surface area (Å²) in [7, 11) is 0. The number of rotatable bonds is 10. The van der Waals surface area contributed by atoms with Crippen LogP contribution < -0.4 is 16.4 Å². The van der Waals surface area contributed by atoms with E-state index < -0.39 is 11.6 Å². The van der Waals surface area contributed by atoms with Crippen molar-refractivity contribution in [2.24, 2.45) is 5.73 Å². The molecule has 0 atom stereocenters. The third-order valence-electron chi connectivity index (χ3n) is 5.44. The number of hydrogen-bond donors (Lipinski definition) is 3. The van der Waals surface area contributed by atoms with Crippen molar-refractivity contribution in [3.05, 3.63) is 77.8 Å². The zero-order chi connectivity index (χ0) is 24.8. The van der Waals surface area contributed by atoms with Crippen molar-refractivity contribution in [1.29, 1.82) is 0 Å². The normalized spacial score (nSPS) is 11.1. The van der Waals surface area contributed by atoms with Crippen molar-refractivity contribution in [3.8, 4) is 11.3 Å². The number of nitrogens with one attached hydrogen (secondary N) is 2. The van der Waals surface area contributed by atoms with Gasteiger partial charge < -0.3 is 21.1 Å². The molecule has 0 aliphatic heterocycles.